The number of amides is 2. The van der Waals surface area contributed by atoms with E-state index in [1.807, 2.05) is 6.92 Å². The Bertz CT molecular complexity index is 1660. The second-order valence-corrected chi connectivity index (χ2v) is 9.30. The molecule has 0 aliphatic carbocycles. The van der Waals surface area contributed by atoms with Gasteiger partial charge >= 0.3 is 0 Å². The number of nitrogens with two attached hydrogens (primary N) is 1. The second kappa shape index (κ2) is 11.8. The largest absolute Gasteiger partial charge is 0.364 e. The van der Waals surface area contributed by atoms with E-state index in [1.165, 1.54) is 47.3 Å². The standard InChI is InChI=1S/C30H27F2N5O3/c1-4-26-18(3)17(2)10-28(39)37(26)16-27(38)36-24(13-19-11-21(31)15-22(32)12-19)29-23(6-5-8-35-29)20-7-9-34-25(14-20)30(33)40/h4-12,14-15,24H,1,13,16H2,2-3H3,(H2,33,40)(H,36,38)/t24-/m0/s1. The van der Waals surface area contributed by atoms with Gasteiger partial charge in [0.2, 0.25) is 5.91 Å². The molecule has 0 saturated heterocycles. The van der Waals surface area contributed by atoms with Crippen LogP contribution < -0.4 is 16.6 Å². The third-order valence-electron chi connectivity index (χ3n) is 6.56. The summed E-state index contributed by atoms with van der Waals surface area (Å²) in [6.07, 6.45) is 4.43. The van der Waals surface area contributed by atoms with Gasteiger partial charge in [0.05, 0.1) is 11.7 Å². The Hall–Kier alpha value is -4.99. The number of aryl methyl sites for hydroxylation is 1. The average molecular weight is 544 g/mol. The average Bonchev–Trinajstić information content (AvgIpc) is 2.91. The summed E-state index contributed by atoms with van der Waals surface area (Å²) in [4.78, 5) is 46.3. The van der Waals surface area contributed by atoms with E-state index in [0.717, 1.165) is 17.2 Å². The molecule has 1 atom stereocenters. The molecule has 0 aliphatic heterocycles. The Balaban J connectivity index is 1.77. The summed E-state index contributed by atoms with van der Waals surface area (Å²) in [5.74, 6) is -2.78. The van der Waals surface area contributed by atoms with E-state index in [2.05, 4.69) is 21.9 Å². The molecule has 0 unspecified atom stereocenters. The van der Waals surface area contributed by atoms with Crippen molar-refractivity contribution in [3.8, 4) is 11.1 Å². The van der Waals surface area contributed by atoms with Gasteiger partial charge in [0.1, 0.15) is 23.9 Å². The fraction of sp³-hybridized carbons (Fsp3) is 0.167. The Morgan fingerprint density at radius 2 is 1.80 bits per heavy atom. The lowest BCUT2D eigenvalue weighted by molar-refractivity contribution is -0.122. The summed E-state index contributed by atoms with van der Waals surface area (Å²) in [5.41, 5.74) is 8.91. The predicted octanol–water partition coefficient (Wildman–Crippen LogP) is 4.04. The highest BCUT2D eigenvalue weighted by Crippen LogP contribution is 2.29. The van der Waals surface area contributed by atoms with Gasteiger partial charge in [-0.1, -0.05) is 12.6 Å². The third kappa shape index (κ3) is 6.17. The van der Waals surface area contributed by atoms with Crippen molar-refractivity contribution in [2.45, 2.75) is 32.9 Å². The summed E-state index contributed by atoms with van der Waals surface area (Å²) >= 11 is 0. The molecule has 0 aliphatic rings. The molecule has 0 fully saturated rings. The molecule has 0 spiro atoms. The zero-order chi connectivity index (χ0) is 29.0. The number of hydrogen-bond acceptors (Lipinski definition) is 5. The molecular weight excluding hydrogens is 516 g/mol. The van der Waals surface area contributed by atoms with E-state index >= 15 is 0 Å². The van der Waals surface area contributed by atoms with Crippen LogP contribution in [0, 0.1) is 25.5 Å². The van der Waals surface area contributed by atoms with Gasteiger partial charge in [-0.2, -0.15) is 0 Å². The zero-order valence-electron chi connectivity index (χ0n) is 21.9. The van der Waals surface area contributed by atoms with E-state index in [4.69, 9.17) is 5.73 Å². The number of rotatable bonds is 9. The van der Waals surface area contributed by atoms with Gasteiger partial charge in [0.25, 0.3) is 11.5 Å². The Morgan fingerprint density at radius 1 is 1.07 bits per heavy atom. The van der Waals surface area contributed by atoms with Gasteiger partial charge in [0.15, 0.2) is 0 Å². The van der Waals surface area contributed by atoms with Crippen LogP contribution in [0.15, 0.2) is 72.3 Å². The summed E-state index contributed by atoms with van der Waals surface area (Å²) in [6, 6.07) is 10.2. The number of pyridine rings is 3. The van der Waals surface area contributed by atoms with Crippen LogP contribution in [0.2, 0.25) is 0 Å². The maximum Gasteiger partial charge on any atom is 0.267 e. The molecule has 0 radical (unpaired) electrons. The van der Waals surface area contributed by atoms with Crippen LogP contribution in [0.4, 0.5) is 8.78 Å². The smallest absolute Gasteiger partial charge is 0.267 e. The maximum absolute atomic E-state index is 14.1. The highest BCUT2D eigenvalue weighted by Gasteiger charge is 2.23. The van der Waals surface area contributed by atoms with Crippen molar-refractivity contribution in [2.75, 3.05) is 0 Å². The van der Waals surface area contributed by atoms with E-state index in [0.29, 0.717) is 22.5 Å². The molecule has 3 aromatic heterocycles. The molecule has 4 rings (SSSR count). The molecule has 10 heteroatoms. The monoisotopic (exact) mass is 543 g/mol. The van der Waals surface area contributed by atoms with Gasteiger partial charge < -0.3 is 11.1 Å². The van der Waals surface area contributed by atoms with Crippen LogP contribution in [-0.2, 0) is 17.8 Å². The van der Waals surface area contributed by atoms with Crippen molar-refractivity contribution in [1.29, 1.82) is 0 Å². The van der Waals surface area contributed by atoms with E-state index in [1.54, 1.807) is 25.1 Å². The maximum atomic E-state index is 14.1. The lowest BCUT2D eigenvalue weighted by Gasteiger charge is -2.22. The number of nitrogens with zero attached hydrogens (tertiary/aromatic N) is 3. The quantitative estimate of drug-likeness (QED) is 0.330. The van der Waals surface area contributed by atoms with Crippen LogP contribution in [0.25, 0.3) is 17.2 Å². The van der Waals surface area contributed by atoms with Gasteiger partial charge in [0, 0.05) is 35.8 Å². The number of aromatic nitrogens is 3. The topological polar surface area (TPSA) is 120 Å². The van der Waals surface area contributed by atoms with Crippen molar-refractivity contribution in [2.24, 2.45) is 5.73 Å². The number of halogens is 2. The summed E-state index contributed by atoms with van der Waals surface area (Å²) in [7, 11) is 0. The van der Waals surface area contributed by atoms with Gasteiger partial charge in [-0.25, -0.2) is 8.78 Å². The van der Waals surface area contributed by atoms with Crippen molar-refractivity contribution in [3.05, 3.63) is 123 Å². The lowest BCUT2D eigenvalue weighted by Crippen LogP contribution is -2.37. The fourth-order valence-corrected chi connectivity index (χ4v) is 4.56. The Kier molecular flexibility index (Phi) is 8.28. The third-order valence-corrected chi connectivity index (χ3v) is 6.56. The first kappa shape index (κ1) is 28.0. The lowest BCUT2D eigenvalue weighted by atomic mass is 9.95. The first-order chi connectivity index (χ1) is 19.1. The Labute approximate surface area is 229 Å². The van der Waals surface area contributed by atoms with Crippen molar-refractivity contribution < 1.29 is 18.4 Å². The number of benzene rings is 1. The minimum absolute atomic E-state index is 0.0195. The summed E-state index contributed by atoms with van der Waals surface area (Å²) in [6.45, 7) is 7.09. The summed E-state index contributed by atoms with van der Waals surface area (Å²) in [5, 5.41) is 2.88. The predicted molar refractivity (Wildman–Crippen MR) is 147 cm³/mol. The van der Waals surface area contributed by atoms with Gasteiger partial charge in [-0.05, 0) is 78.9 Å². The Morgan fingerprint density at radius 3 is 2.48 bits per heavy atom. The van der Waals surface area contributed by atoms with E-state index < -0.39 is 29.5 Å². The molecule has 8 nitrogen and oxygen atoms in total. The van der Waals surface area contributed by atoms with Gasteiger partial charge in [-0.3, -0.25) is 28.9 Å². The number of nitrogens with one attached hydrogen (secondary N) is 1. The highest BCUT2D eigenvalue weighted by molar-refractivity contribution is 5.92. The van der Waals surface area contributed by atoms with E-state index in [-0.39, 0.29) is 29.8 Å². The van der Waals surface area contributed by atoms with Crippen LogP contribution in [-0.4, -0.2) is 26.3 Å². The molecule has 2 amide bonds. The molecule has 1 aromatic carbocycles. The molecule has 3 N–H and O–H groups in total. The second-order valence-electron chi connectivity index (χ2n) is 9.30. The first-order valence-electron chi connectivity index (χ1n) is 12.4. The molecule has 0 saturated carbocycles. The SMILES string of the molecule is C=Cc1c(C)c(C)cc(=O)n1CC(=O)N[C@@H](Cc1cc(F)cc(F)c1)c1ncccc1-c1ccnc(C(N)=O)c1. The van der Waals surface area contributed by atoms with E-state index in [9.17, 15) is 23.2 Å². The van der Waals surface area contributed by atoms with Crippen molar-refractivity contribution in [3.63, 3.8) is 0 Å². The molecule has 0 bridgehead atoms. The normalized spacial score (nSPS) is 11.6. The minimum Gasteiger partial charge on any atom is -0.364 e. The number of primary amides is 1. The first-order valence-corrected chi connectivity index (χ1v) is 12.4. The number of hydrogen-bond donors (Lipinski definition) is 2. The minimum atomic E-state index is -0.871. The number of carbonyl (C=O) groups excluding carboxylic acids is 2. The van der Waals surface area contributed by atoms with Crippen molar-refractivity contribution in [1.82, 2.24) is 19.9 Å². The molecule has 204 valence electrons. The summed E-state index contributed by atoms with van der Waals surface area (Å²) < 4.78 is 29.4. The van der Waals surface area contributed by atoms with Crippen LogP contribution >= 0.6 is 0 Å². The molecule has 4 aromatic rings. The van der Waals surface area contributed by atoms with Crippen LogP contribution in [0.5, 0.6) is 0 Å². The molecule has 3 heterocycles. The highest BCUT2D eigenvalue weighted by atomic mass is 19.1. The number of carbonyl (C=O) groups is 2. The van der Waals surface area contributed by atoms with Crippen LogP contribution in [0.3, 0.4) is 0 Å². The molecule has 40 heavy (non-hydrogen) atoms. The zero-order valence-corrected chi connectivity index (χ0v) is 21.9. The fourth-order valence-electron chi connectivity index (χ4n) is 4.56. The van der Waals surface area contributed by atoms with Crippen LogP contribution in [0.1, 0.15) is 44.6 Å². The molecular formula is C30H27F2N5O3. The van der Waals surface area contributed by atoms with Crippen molar-refractivity contribution >= 4 is 17.9 Å². The van der Waals surface area contributed by atoms with Gasteiger partial charge in [-0.15, -0.1) is 0 Å².